The Labute approximate surface area is 191 Å². The second kappa shape index (κ2) is 7.98. The summed E-state index contributed by atoms with van der Waals surface area (Å²) < 4.78 is 47.9. The molecular formula is C24H17F3N4O3. The van der Waals surface area contributed by atoms with Crippen LogP contribution in [0.15, 0.2) is 54.6 Å². The first-order chi connectivity index (χ1) is 16.3. The van der Waals surface area contributed by atoms with Gasteiger partial charge >= 0.3 is 12.1 Å². The van der Waals surface area contributed by atoms with E-state index >= 15 is 0 Å². The highest BCUT2D eigenvalue weighted by Crippen LogP contribution is 2.40. The number of fused-ring (bicyclic) bond motifs is 4. The van der Waals surface area contributed by atoms with Crippen LogP contribution in [0, 0.1) is 0 Å². The predicted molar refractivity (Wildman–Crippen MR) is 117 cm³/mol. The molecule has 0 saturated heterocycles. The summed E-state index contributed by atoms with van der Waals surface area (Å²) in [6.45, 7) is 0. The smallest absolute Gasteiger partial charge is 0.433 e. The van der Waals surface area contributed by atoms with Gasteiger partial charge in [-0.2, -0.15) is 18.3 Å². The van der Waals surface area contributed by atoms with Crippen molar-refractivity contribution in [3.05, 3.63) is 82.7 Å². The molecule has 7 nitrogen and oxygen atoms in total. The van der Waals surface area contributed by atoms with E-state index in [1.807, 2.05) is 12.1 Å². The molecule has 0 radical (unpaired) electrons. The van der Waals surface area contributed by atoms with Crippen molar-refractivity contribution in [1.82, 2.24) is 14.6 Å². The fraction of sp³-hybridized carbons (Fsp3) is 0.167. The maximum atomic E-state index is 14.2. The Bertz CT molecular complexity index is 1460. The lowest BCUT2D eigenvalue weighted by Crippen LogP contribution is -2.21. The van der Waals surface area contributed by atoms with Gasteiger partial charge in [-0.3, -0.25) is 4.79 Å². The van der Waals surface area contributed by atoms with Crippen molar-refractivity contribution in [2.24, 2.45) is 0 Å². The number of alkyl halides is 3. The van der Waals surface area contributed by atoms with E-state index in [1.165, 1.54) is 25.3 Å². The molecule has 1 N–H and O–H groups in total. The lowest BCUT2D eigenvalue weighted by molar-refractivity contribution is -0.143. The number of carbonyl (C=O) groups is 2. The van der Waals surface area contributed by atoms with Crippen LogP contribution in [0.3, 0.4) is 0 Å². The van der Waals surface area contributed by atoms with Gasteiger partial charge in [0.2, 0.25) is 0 Å². The molecule has 0 fully saturated rings. The van der Waals surface area contributed by atoms with Gasteiger partial charge in [0.1, 0.15) is 0 Å². The second-order valence-electron chi connectivity index (χ2n) is 7.73. The molecule has 1 aliphatic carbocycles. The minimum atomic E-state index is -4.71. The molecule has 0 unspecified atom stereocenters. The third-order valence-corrected chi connectivity index (χ3v) is 5.70. The van der Waals surface area contributed by atoms with Gasteiger partial charge in [-0.1, -0.05) is 36.4 Å². The van der Waals surface area contributed by atoms with E-state index in [0.29, 0.717) is 16.5 Å². The maximum absolute atomic E-state index is 14.2. The van der Waals surface area contributed by atoms with Gasteiger partial charge in [0, 0.05) is 17.2 Å². The number of para-hydroxylation sites is 1. The minimum absolute atomic E-state index is 0.0461. The molecule has 0 aliphatic heterocycles. The van der Waals surface area contributed by atoms with Gasteiger partial charge in [-0.15, -0.1) is 0 Å². The van der Waals surface area contributed by atoms with Crippen molar-refractivity contribution in [2.45, 2.75) is 19.0 Å². The fourth-order valence-electron chi connectivity index (χ4n) is 4.19. The number of methoxy groups -OCH3 is 1. The number of benzene rings is 2. The zero-order valence-electron chi connectivity index (χ0n) is 17.8. The van der Waals surface area contributed by atoms with Gasteiger partial charge < -0.3 is 10.1 Å². The first-order valence-electron chi connectivity index (χ1n) is 10.3. The molecular weight excluding hydrogens is 449 g/mol. The zero-order chi connectivity index (χ0) is 24.0. The summed E-state index contributed by atoms with van der Waals surface area (Å²) in [5.74, 6) is -1.45. The van der Waals surface area contributed by atoms with E-state index in [4.69, 9.17) is 4.74 Å². The van der Waals surface area contributed by atoms with Crippen LogP contribution in [-0.2, 0) is 23.8 Å². The number of rotatable bonds is 3. The molecule has 2 aromatic carbocycles. The van der Waals surface area contributed by atoms with Crippen molar-refractivity contribution in [3.63, 3.8) is 0 Å². The number of halogens is 3. The molecule has 0 spiro atoms. The lowest BCUT2D eigenvalue weighted by atomic mass is 9.88. The maximum Gasteiger partial charge on any atom is 0.433 e. The van der Waals surface area contributed by atoms with Crippen LogP contribution < -0.4 is 5.32 Å². The number of esters is 1. The molecule has 0 saturated carbocycles. The van der Waals surface area contributed by atoms with Crippen molar-refractivity contribution in [1.29, 1.82) is 0 Å². The molecule has 10 heteroatoms. The quantitative estimate of drug-likeness (QED) is 0.448. The SMILES string of the molecule is COC(=O)c1ccccc1NC(=O)c1cc2nc3c(c(C(F)(F)F)n2n1)CCc1ccccc1-3. The monoisotopic (exact) mass is 466 g/mol. The Morgan fingerprint density at radius 3 is 2.56 bits per heavy atom. The summed E-state index contributed by atoms with van der Waals surface area (Å²) in [7, 11) is 1.20. The van der Waals surface area contributed by atoms with Gasteiger partial charge in [-0.25, -0.2) is 14.3 Å². The Morgan fingerprint density at radius 2 is 1.79 bits per heavy atom. The molecule has 0 atom stereocenters. The number of carbonyl (C=O) groups excluding carboxylic acids is 2. The normalized spacial score (nSPS) is 12.7. The van der Waals surface area contributed by atoms with E-state index in [2.05, 4.69) is 15.4 Å². The van der Waals surface area contributed by atoms with Crippen LogP contribution in [0.2, 0.25) is 0 Å². The number of nitrogens with zero attached hydrogens (tertiary/aromatic N) is 3. The summed E-state index contributed by atoms with van der Waals surface area (Å²) in [6, 6.07) is 14.5. The molecule has 172 valence electrons. The summed E-state index contributed by atoms with van der Waals surface area (Å²) in [4.78, 5) is 29.3. The summed E-state index contributed by atoms with van der Waals surface area (Å²) in [6.07, 6.45) is -4.12. The van der Waals surface area contributed by atoms with Crippen molar-refractivity contribution in [2.75, 3.05) is 12.4 Å². The highest BCUT2D eigenvalue weighted by Gasteiger charge is 2.40. The number of amides is 1. The van der Waals surface area contributed by atoms with Gasteiger partial charge in [0.05, 0.1) is 24.1 Å². The summed E-state index contributed by atoms with van der Waals surface area (Å²) in [5, 5.41) is 6.46. The fourth-order valence-corrected chi connectivity index (χ4v) is 4.19. The van der Waals surface area contributed by atoms with Crippen molar-refractivity contribution >= 4 is 23.2 Å². The first kappa shape index (κ1) is 21.6. The highest BCUT2D eigenvalue weighted by atomic mass is 19.4. The third kappa shape index (κ3) is 3.57. The Morgan fingerprint density at radius 1 is 1.06 bits per heavy atom. The van der Waals surface area contributed by atoms with E-state index < -0.39 is 23.7 Å². The number of ether oxygens (including phenoxy) is 1. The summed E-state index contributed by atoms with van der Waals surface area (Å²) in [5.41, 5.74) is 0.762. The van der Waals surface area contributed by atoms with E-state index in [-0.39, 0.29) is 40.3 Å². The molecule has 1 amide bonds. The molecule has 34 heavy (non-hydrogen) atoms. The van der Waals surface area contributed by atoms with Crippen LogP contribution in [0.25, 0.3) is 16.9 Å². The average molecular weight is 466 g/mol. The number of nitrogens with one attached hydrogen (secondary N) is 1. The van der Waals surface area contributed by atoms with E-state index in [9.17, 15) is 22.8 Å². The Hall–Kier alpha value is -4.21. The molecule has 2 heterocycles. The van der Waals surface area contributed by atoms with Crippen LogP contribution >= 0.6 is 0 Å². The predicted octanol–water partition coefficient (Wildman–Crippen LogP) is 4.55. The van der Waals surface area contributed by atoms with Crippen LogP contribution in [-0.4, -0.2) is 33.6 Å². The number of aryl methyl sites for hydroxylation is 1. The highest BCUT2D eigenvalue weighted by molar-refractivity contribution is 6.07. The van der Waals surface area contributed by atoms with E-state index in [0.717, 1.165) is 5.56 Å². The van der Waals surface area contributed by atoms with Crippen LogP contribution in [0.5, 0.6) is 0 Å². The minimum Gasteiger partial charge on any atom is -0.465 e. The van der Waals surface area contributed by atoms with Crippen molar-refractivity contribution < 1.29 is 27.5 Å². The first-order valence-corrected chi connectivity index (χ1v) is 10.3. The largest absolute Gasteiger partial charge is 0.465 e. The molecule has 4 aromatic rings. The van der Waals surface area contributed by atoms with Crippen molar-refractivity contribution in [3.8, 4) is 11.3 Å². The molecule has 0 bridgehead atoms. The van der Waals surface area contributed by atoms with Gasteiger partial charge in [0.25, 0.3) is 5.91 Å². The van der Waals surface area contributed by atoms with Gasteiger partial charge in [0.15, 0.2) is 17.0 Å². The van der Waals surface area contributed by atoms with E-state index in [1.54, 1.807) is 24.3 Å². The lowest BCUT2D eigenvalue weighted by Gasteiger charge is -2.23. The molecule has 5 rings (SSSR count). The van der Waals surface area contributed by atoms with Crippen LogP contribution in [0.1, 0.15) is 37.7 Å². The number of aromatic nitrogens is 3. The molecule has 1 aliphatic rings. The standard InChI is InChI=1S/C24H17F3N4O3/c1-34-23(33)15-8-4-5-9-17(15)28-22(32)18-12-19-29-20-14-7-3-2-6-13(14)10-11-16(20)21(24(25,26)27)31(19)30-18/h2-9,12H,10-11H2,1H3,(H,28,32). The average Bonchev–Trinajstić information content (AvgIpc) is 3.25. The Kier molecular flexibility index (Phi) is 5.07. The topological polar surface area (TPSA) is 85.6 Å². The Balaban J connectivity index is 1.62. The van der Waals surface area contributed by atoms with Crippen LogP contribution in [0.4, 0.5) is 18.9 Å². The number of hydrogen-bond donors (Lipinski definition) is 1. The number of anilines is 1. The molecule has 2 aromatic heterocycles. The summed E-state index contributed by atoms with van der Waals surface area (Å²) >= 11 is 0. The third-order valence-electron chi connectivity index (χ3n) is 5.70. The zero-order valence-corrected chi connectivity index (χ0v) is 17.8. The number of hydrogen-bond acceptors (Lipinski definition) is 5. The van der Waals surface area contributed by atoms with Gasteiger partial charge in [-0.05, 0) is 30.5 Å². The second-order valence-corrected chi connectivity index (χ2v) is 7.73.